The molecule has 0 unspecified atom stereocenters. The van der Waals surface area contributed by atoms with Gasteiger partial charge in [0.1, 0.15) is 10.8 Å². The minimum Gasteiger partial charge on any atom is -0.361 e. The molecule has 1 aromatic carbocycles. The van der Waals surface area contributed by atoms with Gasteiger partial charge in [-0.25, -0.2) is 0 Å². The third-order valence-corrected chi connectivity index (χ3v) is 4.76. The first-order valence-electron chi connectivity index (χ1n) is 7.29. The first-order valence-corrected chi connectivity index (χ1v) is 8.44. The minimum atomic E-state index is -0.413. The lowest BCUT2D eigenvalue weighted by atomic mass is 9.99. The predicted molar refractivity (Wildman–Crippen MR) is 93.4 cm³/mol. The number of nitrogens with one attached hydrogen (secondary N) is 1. The van der Waals surface area contributed by atoms with Crippen molar-refractivity contribution in [2.45, 2.75) is 26.7 Å². The average molecular weight is 363 g/mol. The van der Waals surface area contributed by atoms with Crippen molar-refractivity contribution in [2.24, 2.45) is 0 Å². The fraction of sp³-hybridized carbons (Fsp3) is 0.250. The summed E-state index contributed by atoms with van der Waals surface area (Å²) in [6.45, 7) is 5.39. The molecule has 24 heavy (non-hydrogen) atoms. The van der Waals surface area contributed by atoms with Gasteiger partial charge in [0.25, 0.3) is 0 Å². The number of aryl methyl sites for hydroxylation is 2. The van der Waals surface area contributed by atoms with Crippen molar-refractivity contribution >= 4 is 35.0 Å². The molecule has 2 heterocycles. The highest BCUT2D eigenvalue weighted by molar-refractivity contribution is 7.09. The Morgan fingerprint density at radius 3 is 2.75 bits per heavy atom. The van der Waals surface area contributed by atoms with Gasteiger partial charge in [-0.15, -0.1) is 0 Å². The summed E-state index contributed by atoms with van der Waals surface area (Å²) in [6.07, 6.45) is 0. The number of halogens is 1. The lowest BCUT2D eigenvalue weighted by Gasteiger charge is -2.09. The Labute approximate surface area is 148 Å². The van der Waals surface area contributed by atoms with E-state index in [1.807, 2.05) is 25.1 Å². The van der Waals surface area contributed by atoms with Crippen molar-refractivity contribution in [2.75, 3.05) is 5.32 Å². The normalized spacial score (nSPS) is 12.2. The van der Waals surface area contributed by atoms with E-state index in [-0.39, 0.29) is 11.9 Å². The average Bonchev–Trinajstić information content (AvgIpc) is 3.14. The van der Waals surface area contributed by atoms with Crippen molar-refractivity contribution < 1.29 is 9.32 Å². The molecule has 0 spiro atoms. The van der Waals surface area contributed by atoms with Gasteiger partial charge in [0, 0.05) is 11.1 Å². The molecule has 0 bridgehead atoms. The van der Waals surface area contributed by atoms with Crippen LogP contribution < -0.4 is 5.32 Å². The molecule has 0 saturated heterocycles. The van der Waals surface area contributed by atoms with Gasteiger partial charge in [0.2, 0.25) is 11.9 Å². The van der Waals surface area contributed by atoms with Crippen molar-refractivity contribution in [1.29, 1.82) is 0 Å². The van der Waals surface area contributed by atoms with Crippen molar-refractivity contribution in [3.63, 3.8) is 0 Å². The molecule has 3 rings (SSSR count). The van der Waals surface area contributed by atoms with Crippen LogP contribution in [-0.2, 0) is 4.79 Å². The Kier molecular flexibility index (Phi) is 4.64. The number of amides is 1. The van der Waals surface area contributed by atoms with Gasteiger partial charge < -0.3 is 4.52 Å². The smallest absolute Gasteiger partial charge is 0.241 e. The van der Waals surface area contributed by atoms with Crippen molar-refractivity contribution in [3.05, 3.63) is 46.3 Å². The van der Waals surface area contributed by atoms with E-state index >= 15 is 0 Å². The van der Waals surface area contributed by atoms with Crippen LogP contribution in [0.4, 0.5) is 5.95 Å². The molecular weight excluding hydrogens is 348 g/mol. The van der Waals surface area contributed by atoms with Gasteiger partial charge in [0.05, 0.1) is 16.6 Å². The summed E-state index contributed by atoms with van der Waals surface area (Å²) in [5.41, 5.74) is 2.28. The molecule has 6 nitrogen and oxygen atoms in total. The number of benzene rings is 1. The maximum Gasteiger partial charge on any atom is 0.241 e. The van der Waals surface area contributed by atoms with Crippen molar-refractivity contribution in [1.82, 2.24) is 14.5 Å². The lowest BCUT2D eigenvalue weighted by Crippen LogP contribution is -2.20. The van der Waals surface area contributed by atoms with E-state index in [2.05, 4.69) is 19.8 Å². The summed E-state index contributed by atoms with van der Waals surface area (Å²) in [4.78, 5) is 16.8. The molecule has 1 atom stereocenters. The highest BCUT2D eigenvalue weighted by Gasteiger charge is 2.24. The highest BCUT2D eigenvalue weighted by Crippen LogP contribution is 2.30. The van der Waals surface area contributed by atoms with E-state index in [4.69, 9.17) is 16.1 Å². The third-order valence-electron chi connectivity index (χ3n) is 3.68. The molecular formula is C16H15ClN4O2S. The lowest BCUT2D eigenvalue weighted by molar-refractivity contribution is -0.117. The second kappa shape index (κ2) is 6.70. The van der Waals surface area contributed by atoms with E-state index in [9.17, 15) is 4.79 Å². The topological polar surface area (TPSA) is 80.9 Å². The van der Waals surface area contributed by atoms with Gasteiger partial charge in [-0.3, -0.25) is 10.1 Å². The van der Waals surface area contributed by atoms with Crippen LogP contribution in [-0.4, -0.2) is 20.4 Å². The van der Waals surface area contributed by atoms with Crippen LogP contribution in [0.25, 0.3) is 10.6 Å². The quantitative estimate of drug-likeness (QED) is 0.752. The fourth-order valence-corrected chi connectivity index (χ4v) is 3.42. The standard InChI is InChI=1S/C16H15ClN4O2S/c1-8(13-9(2)20-23-10(13)3)14(22)18-16-19-15(24-21-16)11-6-4-5-7-12(11)17/h4-8H,1-3H3,(H,18,21,22)/t8-/m0/s1. The Bertz CT molecular complexity index is 870. The van der Waals surface area contributed by atoms with Crippen LogP contribution in [0.3, 0.4) is 0 Å². The van der Waals surface area contributed by atoms with Crippen molar-refractivity contribution in [3.8, 4) is 10.6 Å². The second-order valence-corrected chi connectivity index (χ2v) is 6.51. The number of carbonyl (C=O) groups excluding carboxylic acids is 1. The largest absolute Gasteiger partial charge is 0.361 e. The van der Waals surface area contributed by atoms with Gasteiger partial charge in [-0.05, 0) is 38.4 Å². The first kappa shape index (κ1) is 16.6. The van der Waals surface area contributed by atoms with Gasteiger partial charge >= 0.3 is 0 Å². The SMILES string of the molecule is Cc1noc(C)c1[C@H](C)C(=O)Nc1nsc(-c2ccccc2Cl)n1. The number of nitrogens with zero attached hydrogens (tertiary/aromatic N) is 3. The van der Waals surface area contributed by atoms with Crippen LogP contribution in [0.1, 0.15) is 29.9 Å². The Balaban J connectivity index is 1.78. The minimum absolute atomic E-state index is 0.215. The highest BCUT2D eigenvalue weighted by atomic mass is 35.5. The zero-order valence-electron chi connectivity index (χ0n) is 13.3. The molecule has 3 aromatic rings. The molecule has 0 radical (unpaired) electrons. The monoisotopic (exact) mass is 362 g/mol. The molecule has 1 amide bonds. The molecule has 0 aliphatic heterocycles. The number of aromatic nitrogens is 3. The molecule has 124 valence electrons. The molecule has 0 saturated carbocycles. The molecule has 1 N–H and O–H groups in total. The van der Waals surface area contributed by atoms with E-state index in [0.29, 0.717) is 21.5 Å². The predicted octanol–water partition coefficient (Wildman–Crippen LogP) is 4.21. The van der Waals surface area contributed by atoms with E-state index in [0.717, 1.165) is 11.1 Å². The molecule has 2 aromatic heterocycles. The van der Waals surface area contributed by atoms with E-state index in [1.165, 1.54) is 11.5 Å². The zero-order chi connectivity index (χ0) is 17.3. The summed E-state index contributed by atoms with van der Waals surface area (Å²) in [6, 6.07) is 7.37. The summed E-state index contributed by atoms with van der Waals surface area (Å²) < 4.78 is 9.30. The Hall–Kier alpha value is -2.25. The molecule has 0 aliphatic carbocycles. The van der Waals surface area contributed by atoms with E-state index < -0.39 is 5.92 Å². The number of carbonyl (C=O) groups is 1. The van der Waals surface area contributed by atoms with Crippen LogP contribution in [0.5, 0.6) is 0 Å². The summed E-state index contributed by atoms with van der Waals surface area (Å²) in [5, 5.41) is 7.86. The second-order valence-electron chi connectivity index (χ2n) is 5.35. The van der Waals surface area contributed by atoms with Gasteiger partial charge in [-0.2, -0.15) is 9.36 Å². The van der Waals surface area contributed by atoms with Crippen LogP contribution in [0.15, 0.2) is 28.8 Å². The summed E-state index contributed by atoms with van der Waals surface area (Å²) >= 11 is 7.34. The maximum atomic E-state index is 12.4. The zero-order valence-corrected chi connectivity index (χ0v) is 14.9. The first-order chi connectivity index (χ1) is 11.5. The molecule has 0 aliphatic rings. The maximum absolute atomic E-state index is 12.4. The van der Waals surface area contributed by atoms with Crippen LogP contribution in [0, 0.1) is 13.8 Å². The Morgan fingerprint density at radius 1 is 1.33 bits per heavy atom. The number of hydrogen-bond donors (Lipinski definition) is 1. The van der Waals surface area contributed by atoms with Crippen LogP contribution in [0.2, 0.25) is 5.02 Å². The Morgan fingerprint density at radius 2 is 2.08 bits per heavy atom. The molecule has 0 fully saturated rings. The third kappa shape index (κ3) is 3.18. The number of rotatable bonds is 4. The summed E-state index contributed by atoms with van der Waals surface area (Å²) in [5.74, 6) is 0.271. The summed E-state index contributed by atoms with van der Waals surface area (Å²) in [7, 11) is 0. The van der Waals surface area contributed by atoms with Crippen LogP contribution >= 0.6 is 23.1 Å². The number of hydrogen-bond acceptors (Lipinski definition) is 6. The van der Waals surface area contributed by atoms with E-state index in [1.54, 1.807) is 19.9 Å². The van der Waals surface area contributed by atoms with Gasteiger partial charge in [0.15, 0.2) is 0 Å². The van der Waals surface area contributed by atoms with Gasteiger partial charge in [-0.1, -0.05) is 35.0 Å². The molecule has 8 heteroatoms. The number of anilines is 1. The fourth-order valence-electron chi connectivity index (χ4n) is 2.48.